The number of nitrogens with zero attached hydrogens (tertiary/aromatic N) is 1. The minimum Gasteiger partial charge on any atom is -0.460 e. The number of cyclic esters (lactones) is 1. The van der Waals surface area contributed by atoms with Gasteiger partial charge in [-0.1, -0.05) is 76.6 Å². The molecule has 0 aromatic heterocycles. The smallest absolute Gasteiger partial charge is 0.329 e. The van der Waals surface area contributed by atoms with Crippen molar-refractivity contribution in [3.05, 3.63) is 47.6 Å². The van der Waals surface area contributed by atoms with E-state index in [2.05, 4.69) is 0 Å². The molecule has 4 rings (SSSR count). The third kappa shape index (κ3) is 14.5. The Bertz CT molecular complexity index is 1760. The van der Waals surface area contributed by atoms with Crippen LogP contribution in [0.5, 0.6) is 0 Å². The largest absolute Gasteiger partial charge is 0.460 e. The van der Waals surface area contributed by atoms with Gasteiger partial charge in [0.05, 0.1) is 18.3 Å². The number of esters is 1. The molecule has 3 fully saturated rings. The minimum atomic E-state index is -2.38. The molecule has 15 atom stereocenters. The Morgan fingerprint density at radius 3 is 2.29 bits per heavy atom. The number of rotatable bonds is 6. The van der Waals surface area contributed by atoms with Gasteiger partial charge in [0.25, 0.3) is 11.7 Å². The summed E-state index contributed by atoms with van der Waals surface area (Å²) >= 11 is 1.63. The fraction of sp³-hybridized carbons (Fsp3) is 0.745. The number of aliphatic hydroxyl groups is 3. The quantitative estimate of drug-likeness (QED) is 0.142. The van der Waals surface area contributed by atoms with Crippen molar-refractivity contribution in [2.45, 2.75) is 179 Å². The molecule has 2 saturated heterocycles. The standard InChI is InChI=1S/C51H79NO12S/c1-30-16-12-11-13-17-31(2)44(65-10)28-38-21-19-36(7)51(60,64-38)48(57)49(58)52-23-15-14-18-39(52)50(59)63-42(33(4)26-37-20-22-40(53)43(27-37)61-8)29-41(54)32(3)25-35(6)46(56)47(62-9)45(55)34(5)24-30/h11-13,16-17,25,30,32-34,36-40,42-44,46-47,53,56,60H,14-15,18-24,26-29H2,1-10H3/b13-11+,16-12+,31-17+,35-25+/t30-,32-,33-,34-,36-,37+,38+,39+,40-,42?,43-,44+,46-,47+,51-/m1/s1. The molecule has 3 heterocycles. The van der Waals surface area contributed by atoms with Gasteiger partial charge >= 0.3 is 5.97 Å². The second-order valence-corrected chi connectivity index (χ2v) is 20.6. The van der Waals surface area contributed by atoms with Gasteiger partial charge in [0, 0.05) is 50.2 Å². The molecule has 1 aliphatic carbocycles. The van der Waals surface area contributed by atoms with E-state index in [9.17, 15) is 39.3 Å². The zero-order valence-corrected chi connectivity index (χ0v) is 41.4. The SMILES string of the molecule is CO[C@@H]1C[C@H](C[C@@H](C)C2CC(=O)[C@H](C)/C=C(\C)[C@@H](O)[C@@H](OC)C(=O)[C@H](C)C[C@H](C)/C=C/C=C/C=C(\C)[C@@H](SC)C[C@@H]3CC[C@@H](C)[C@@](O)(O3)C(=O)C(=O)N3CCCC[C@H]3C(=O)O2)CC[C@H]1O. The number of fused-ring (bicyclic) bond motifs is 3. The molecule has 0 aromatic carbocycles. The normalized spacial score (nSPS) is 40.4. The number of amides is 1. The number of thioether (sulfide) groups is 1. The second-order valence-electron chi connectivity index (χ2n) is 19.6. The summed E-state index contributed by atoms with van der Waals surface area (Å²) < 4.78 is 23.6. The van der Waals surface area contributed by atoms with E-state index in [1.54, 1.807) is 45.7 Å². The van der Waals surface area contributed by atoms with Gasteiger partial charge in [-0.15, -0.1) is 0 Å². The maximum atomic E-state index is 14.4. The van der Waals surface area contributed by atoms with Gasteiger partial charge in [-0.25, -0.2) is 4.79 Å². The Kier molecular flexibility index (Phi) is 21.3. The number of piperidine rings is 1. The van der Waals surface area contributed by atoms with Gasteiger partial charge in [-0.3, -0.25) is 19.2 Å². The second kappa shape index (κ2) is 25.4. The molecule has 3 aliphatic heterocycles. The lowest BCUT2D eigenvalue weighted by molar-refractivity contribution is -0.263. The summed E-state index contributed by atoms with van der Waals surface area (Å²) in [6.45, 7) is 12.9. The highest BCUT2D eigenvalue weighted by molar-refractivity contribution is 7.99. The molecule has 1 saturated carbocycles. The zero-order chi connectivity index (χ0) is 48.2. The van der Waals surface area contributed by atoms with Crippen LogP contribution in [0.2, 0.25) is 0 Å². The van der Waals surface area contributed by atoms with Crippen LogP contribution in [0.1, 0.15) is 126 Å². The molecule has 3 N–H and O–H groups in total. The van der Waals surface area contributed by atoms with Crippen molar-refractivity contribution in [1.29, 1.82) is 0 Å². The van der Waals surface area contributed by atoms with Crippen LogP contribution in [-0.4, -0.2) is 130 Å². The number of Topliss-reactive ketones (excluding diaryl/α,β-unsaturated/α-hetero) is 3. The van der Waals surface area contributed by atoms with Crippen LogP contribution in [0.15, 0.2) is 47.6 Å². The molecule has 65 heavy (non-hydrogen) atoms. The first kappa shape index (κ1) is 54.6. The lowest BCUT2D eigenvalue weighted by atomic mass is 9.78. The van der Waals surface area contributed by atoms with E-state index in [4.69, 9.17) is 18.9 Å². The average molecular weight is 930 g/mol. The molecule has 0 spiro atoms. The molecule has 4 aliphatic rings. The van der Waals surface area contributed by atoms with Gasteiger partial charge in [-0.05, 0) is 114 Å². The highest BCUT2D eigenvalue weighted by Crippen LogP contribution is 2.38. The molecule has 0 aromatic rings. The van der Waals surface area contributed by atoms with Gasteiger partial charge in [0.2, 0.25) is 5.79 Å². The van der Waals surface area contributed by atoms with Gasteiger partial charge in [0.1, 0.15) is 30.1 Å². The number of aliphatic hydroxyl groups excluding tert-OH is 2. The number of ketones is 3. The molecule has 366 valence electrons. The van der Waals surface area contributed by atoms with Gasteiger partial charge < -0.3 is 39.2 Å². The fourth-order valence-corrected chi connectivity index (χ4v) is 11.0. The van der Waals surface area contributed by atoms with Gasteiger partial charge in [-0.2, -0.15) is 11.8 Å². The van der Waals surface area contributed by atoms with Crippen LogP contribution in [-0.2, 0) is 42.9 Å². The number of hydrogen-bond acceptors (Lipinski definition) is 13. The molecule has 13 nitrogen and oxygen atoms in total. The van der Waals surface area contributed by atoms with E-state index in [-0.39, 0.29) is 60.1 Å². The Hall–Kier alpha value is -2.98. The summed E-state index contributed by atoms with van der Waals surface area (Å²) in [6, 6.07) is -1.12. The highest BCUT2D eigenvalue weighted by atomic mass is 32.2. The summed E-state index contributed by atoms with van der Waals surface area (Å²) in [5.41, 5.74) is 1.46. The van der Waals surface area contributed by atoms with E-state index in [0.717, 1.165) is 12.0 Å². The monoisotopic (exact) mass is 930 g/mol. The summed E-state index contributed by atoms with van der Waals surface area (Å²) in [4.78, 5) is 71.9. The first-order valence-corrected chi connectivity index (χ1v) is 25.2. The Morgan fingerprint density at radius 1 is 0.892 bits per heavy atom. The predicted octanol–water partition coefficient (Wildman–Crippen LogP) is 6.90. The van der Waals surface area contributed by atoms with E-state index < -0.39 is 77.8 Å². The Labute approximate surface area is 392 Å². The molecule has 1 amide bonds. The van der Waals surface area contributed by atoms with Crippen LogP contribution in [0.25, 0.3) is 0 Å². The number of ether oxygens (including phenoxy) is 4. The average Bonchev–Trinajstić information content (AvgIpc) is 3.28. The van der Waals surface area contributed by atoms with Crippen LogP contribution in [0, 0.1) is 35.5 Å². The molecule has 2 bridgehead atoms. The van der Waals surface area contributed by atoms with Crippen molar-refractivity contribution in [2.24, 2.45) is 35.5 Å². The van der Waals surface area contributed by atoms with Crippen molar-refractivity contribution >= 4 is 41.0 Å². The first-order chi connectivity index (χ1) is 30.7. The molecule has 14 heteroatoms. The fourth-order valence-electron chi connectivity index (χ4n) is 10.1. The Morgan fingerprint density at radius 2 is 1.62 bits per heavy atom. The van der Waals surface area contributed by atoms with Gasteiger partial charge in [0.15, 0.2) is 5.78 Å². The topological polar surface area (TPSA) is 186 Å². The van der Waals surface area contributed by atoms with Crippen LogP contribution >= 0.6 is 11.8 Å². The van der Waals surface area contributed by atoms with E-state index in [1.807, 2.05) is 64.3 Å². The number of carbonyl (C=O) groups is 5. The molecular weight excluding hydrogens is 851 g/mol. The molecule has 0 radical (unpaired) electrons. The van der Waals surface area contributed by atoms with E-state index >= 15 is 0 Å². The molecule has 1 unspecified atom stereocenters. The Balaban J connectivity index is 1.70. The van der Waals surface area contributed by atoms with E-state index in [0.29, 0.717) is 63.4 Å². The minimum absolute atomic E-state index is 0.000885. The summed E-state index contributed by atoms with van der Waals surface area (Å²) in [5.74, 6) is -7.73. The van der Waals surface area contributed by atoms with Crippen molar-refractivity contribution in [3.8, 4) is 0 Å². The van der Waals surface area contributed by atoms with E-state index in [1.165, 1.54) is 12.0 Å². The maximum absolute atomic E-state index is 14.4. The summed E-state index contributed by atoms with van der Waals surface area (Å²) in [7, 11) is 2.96. The van der Waals surface area contributed by atoms with Crippen LogP contribution in [0.3, 0.4) is 0 Å². The van der Waals surface area contributed by atoms with Crippen molar-refractivity contribution in [3.63, 3.8) is 0 Å². The van der Waals surface area contributed by atoms with Crippen molar-refractivity contribution < 1.29 is 58.2 Å². The number of allylic oxidation sites excluding steroid dienone is 6. The summed E-state index contributed by atoms with van der Waals surface area (Å²) in [6.07, 6.45) is 14.4. The van der Waals surface area contributed by atoms with Crippen molar-refractivity contribution in [1.82, 2.24) is 4.90 Å². The summed E-state index contributed by atoms with van der Waals surface area (Å²) in [5, 5.41) is 33.9. The number of carbonyl (C=O) groups excluding carboxylic acids is 5. The number of hydrogen-bond donors (Lipinski definition) is 3. The highest BCUT2D eigenvalue weighted by Gasteiger charge is 2.53. The van der Waals surface area contributed by atoms with Crippen molar-refractivity contribution in [2.75, 3.05) is 27.0 Å². The zero-order valence-electron chi connectivity index (χ0n) is 40.6. The maximum Gasteiger partial charge on any atom is 0.329 e. The molecular formula is C51H79NO12S. The lowest BCUT2D eigenvalue weighted by Crippen LogP contribution is -2.60. The third-order valence-corrected chi connectivity index (χ3v) is 15.6. The van der Waals surface area contributed by atoms with Crippen LogP contribution < -0.4 is 0 Å². The third-order valence-electron chi connectivity index (χ3n) is 14.5. The first-order valence-electron chi connectivity index (χ1n) is 23.9. The lowest BCUT2D eigenvalue weighted by Gasteiger charge is -2.42. The predicted molar refractivity (Wildman–Crippen MR) is 252 cm³/mol. The van der Waals surface area contributed by atoms with Crippen LogP contribution in [0.4, 0.5) is 0 Å². The number of methoxy groups -OCH3 is 2.